The van der Waals surface area contributed by atoms with Crippen molar-refractivity contribution in [3.8, 4) is 11.5 Å². The summed E-state index contributed by atoms with van der Waals surface area (Å²) < 4.78 is 12.8. The molecule has 6 heteroatoms. The number of rotatable bonds is 6. The lowest BCUT2D eigenvalue weighted by molar-refractivity contribution is 0.145. The molecule has 2 aromatic carbocycles. The van der Waals surface area contributed by atoms with Crippen LogP contribution in [0.4, 0.5) is 4.79 Å². The van der Waals surface area contributed by atoms with E-state index in [0.717, 1.165) is 22.2 Å². The van der Waals surface area contributed by atoms with Crippen LogP contribution in [0.5, 0.6) is 11.5 Å². The fourth-order valence-electron chi connectivity index (χ4n) is 2.75. The van der Waals surface area contributed by atoms with Gasteiger partial charge in [-0.1, -0.05) is 37.6 Å². The molecule has 1 heterocycles. The number of ether oxygens (including phenoxy) is 2. The Bertz CT molecular complexity index is 933. The molecule has 0 amide bonds. The largest absolute Gasteiger partial charge is 0.511 e. The Morgan fingerprint density at radius 3 is 2.73 bits per heavy atom. The Balaban J connectivity index is 1.93. The molecule has 0 aliphatic carbocycles. The third-order valence-electron chi connectivity index (χ3n) is 3.91. The Kier molecular flexibility index (Phi) is 5.38. The molecule has 0 radical (unpaired) electrons. The fraction of sp³-hybridized carbons (Fsp3) is 0.250. The highest BCUT2D eigenvalue weighted by molar-refractivity contribution is 6.30. The molecule has 0 saturated heterocycles. The molecule has 0 saturated carbocycles. The van der Waals surface area contributed by atoms with Gasteiger partial charge in [-0.3, -0.25) is 0 Å². The van der Waals surface area contributed by atoms with Gasteiger partial charge in [-0.15, -0.1) is 0 Å². The van der Waals surface area contributed by atoms with Crippen molar-refractivity contribution in [2.75, 3.05) is 6.61 Å². The van der Waals surface area contributed by atoms with Gasteiger partial charge in [0.1, 0.15) is 11.5 Å². The molecule has 0 bridgehead atoms. The van der Waals surface area contributed by atoms with E-state index in [2.05, 4.69) is 13.8 Å². The fourth-order valence-corrected chi connectivity index (χ4v) is 2.91. The predicted octanol–water partition coefficient (Wildman–Crippen LogP) is 5.43. The summed E-state index contributed by atoms with van der Waals surface area (Å²) in [6.07, 6.45) is 0.576. The molecule has 3 rings (SSSR count). The van der Waals surface area contributed by atoms with E-state index in [-0.39, 0.29) is 0 Å². The van der Waals surface area contributed by atoms with Crippen molar-refractivity contribution in [3.05, 3.63) is 59.2 Å². The van der Waals surface area contributed by atoms with Gasteiger partial charge in [0, 0.05) is 22.2 Å². The molecular weight excluding hydrogens is 354 g/mol. The minimum absolute atomic E-state index is 0.320. The number of aromatic nitrogens is 1. The Morgan fingerprint density at radius 1 is 1.19 bits per heavy atom. The summed E-state index contributed by atoms with van der Waals surface area (Å²) >= 11 is 6.12. The lowest BCUT2D eigenvalue weighted by atomic mass is 10.2. The maximum absolute atomic E-state index is 10.9. The van der Waals surface area contributed by atoms with Crippen molar-refractivity contribution in [3.63, 3.8) is 0 Å². The first-order valence-electron chi connectivity index (χ1n) is 8.34. The zero-order valence-corrected chi connectivity index (χ0v) is 15.4. The van der Waals surface area contributed by atoms with Crippen LogP contribution >= 0.6 is 11.6 Å². The zero-order chi connectivity index (χ0) is 18.7. The number of benzene rings is 2. The molecule has 0 unspecified atom stereocenters. The Hall–Kier alpha value is -2.66. The van der Waals surface area contributed by atoms with Crippen LogP contribution in [0.3, 0.4) is 0 Å². The third kappa shape index (κ3) is 4.11. The van der Waals surface area contributed by atoms with E-state index >= 15 is 0 Å². The van der Waals surface area contributed by atoms with E-state index in [1.807, 2.05) is 41.1 Å². The first kappa shape index (κ1) is 18.1. The number of nitrogens with zero attached hydrogens (tertiary/aromatic N) is 1. The number of fused-ring (bicyclic) bond motifs is 1. The molecule has 26 heavy (non-hydrogen) atoms. The summed E-state index contributed by atoms with van der Waals surface area (Å²) in [5.41, 5.74) is 1.88. The summed E-state index contributed by atoms with van der Waals surface area (Å²) in [5, 5.41) is 10.2. The first-order valence-corrected chi connectivity index (χ1v) is 8.71. The molecule has 0 aliphatic rings. The standard InChI is InChI=1S/C20H20ClNO4/c1-13(2)12-25-19-10-15(21)7-6-14(19)11-22-9-8-16-17(22)4-3-5-18(16)26-20(23)24/h3-10,13H,11-12H2,1-2H3,(H,23,24). The average Bonchev–Trinajstić information content (AvgIpc) is 2.98. The first-order chi connectivity index (χ1) is 12.4. The van der Waals surface area contributed by atoms with E-state index in [9.17, 15) is 4.79 Å². The SMILES string of the molecule is CC(C)COc1cc(Cl)ccc1Cn1ccc2c(OC(=O)O)cccc21. The Morgan fingerprint density at radius 2 is 2.00 bits per heavy atom. The summed E-state index contributed by atoms with van der Waals surface area (Å²) in [4.78, 5) is 10.9. The molecule has 136 valence electrons. The molecule has 3 aromatic rings. The number of hydrogen-bond acceptors (Lipinski definition) is 3. The monoisotopic (exact) mass is 373 g/mol. The van der Waals surface area contributed by atoms with Crippen LogP contribution < -0.4 is 9.47 Å². The van der Waals surface area contributed by atoms with E-state index in [0.29, 0.717) is 29.8 Å². The number of carbonyl (C=O) groups is 1. The van der Waals surface area contributed by atoms with Gasteiger partial charge in [0.05, 0.1) is 18.7 Å². The topological polar surface area (TPSA) is 60.7 Å². The van der Waals surface area contributed by atoms with Crippen LogP contribution in [0.1, 0.15) is 19.4 Å². The summed E-state index contributed by atoms with van der Waals surface area (Å²) in [6, 6.07) is 12.8. The smallest absolute Gasteiger partial charge is 0.493 e. The van der Waals surface area contributed by atoms with Crippen molar-refractivity contribution in [2.24, 2.45) is 5.92 Å². The maximum Gasteiger partial charge on any atom is 0.511 e. The average molecular weight is 374 g/mol. The second kappa shape index (κ2) is 7.70. The second-order valence-electron chi connectivity index (χ2n) is 6.46. The molecule has 0 aliphatic heterocycles. The van der Waals surface area contributed by atoms with Crippen LogP contribution in [0.15, 0.2) is 48.7 Å². The quantitative estimate of drug-likeness (QED) is 0.462. The van der Waals surface area contributed by atoms with E-state index in [1.165, 1.54) is 0 Å². The minimum Gasteiger partial charge on any atom is -0.493 e. The van der Waals surface area contributed by atoms with Crippen LogP contribution in [0.2, 0.25) is 5.02 Å². The van der Waals surface area contributed by atoms with Gasteiger partial charge in [0.2, 0.25) is 0 Å². The van der Waals surface area contributed by atoms with E-state index in [1.54, 1.807) is 12.1 Å². The van der Waals surface area contributed by atoms with E-state index < -0.39 is 6.16 Å². The zero-order valence-electron chi connectivity index (χ0n) is 14.6. The van der Waals surface area contributed by atoms with Crippen LogP contribution in [-0.4, -0.2) is 22.4 Å². The molecule has 1 N–H and O–H groups in total. The van der Waals surface area contributed by atoms with Gasteiger partial charge in [-0.05, 0) is 36.2 Å². The molecule has 1 aromatic heterocycles. The summed E-state index contributed by atoms with van der Waals surface area (Å²) in [7, 11) is 0. The Labute approximate surface area is 156 Å². The highest BCUT2D eigenvalue weighted by Gasteiger charge is 2.12. The lowest BCUT2D eigenvalue weighted by Crippen LogP contribution is -2.08. The van der Waals surface area contributed by atoms with Crippen molar-refractivity contribution in [2.45, 2.75) is 20.4 Å². The number of carboxylic acid groups (broad SMARTS) is 1. The normalized spacial score (nSPS) is 11.1. The maximum atomic E-state index is 10.9. The van der Waals surface area contributed by atoms with Crippen LogP contribution in [-0.2, 0) is 6.54 Å². The lowest BCUT2D eigenvalue weighted by Gasteiger charge is -2.15. The summed E-state index contributed by atoms with van der Waals surface area (Å²) in [6.45, 7) is 5.36. The number of hydrogen-bond donors (Lipinski definition) is 1. The molecular formula is C20H20ClNO4. The highest BCUT2D eigenvalue weighted by atomic mass is 35.5. The predicted molar refractivity (Wildman–Crippen MR) is 101 cm³/mol. The van der Waals surface area contributed by atoms with Crippen molar-refractivity contribution >= 4 is 28.7 Å². The van der Waals surface area contributed by atoms with Gasteiger partial charge in [0.25, 0.3) is 0 Å². The molecule has 5 nitrogen and oxygen atoms in total. The second-order valence-corrected chi connectivity index (χ2v) is 6.89. The van der Waals surface area contributed by atoms with Gasteiger partial charge >= 0.3 is 6.16 Å². The number of halogens is 1. The van der Waals surface area contributed by atoms with Crippen molar-refractivity contribution < 1.29 is 19.4 Å². The van der Waals surface area contributed by atoms with Gasteiger partial charge in [-0.25, -0.2) is 4.79 Å². The van der Waals surface area contributed by atoms with Crippen LogP contribution in [0.25, 0.3) is 10.9 Å². The highest BCUT2D eigenvalue weighted by Crippen LogP contribution is 2.30. The van der Waals surface area contributed by atoms with Gasteiger partial charge in [-0.2, -0.15) is 0 Å². The van der Waals surface area contributed by atoms with Crippen molar-refractivity contribution in [1.29, 1.82) is 0 Å². The molecule has 0 spiro atoms. The van der Waals surface area contributed by atoms with Crippen LogP contribution in [0, 0.1) is 5.92 Å². The van der Waals surface area contributed by atoms with E-state index in [4.69, 9.17) is 26.2 Å². The minimum atomic E-state index is -1.33. The van der Waals surface area contributed by atoms with Gasteiger partial charge in [0.15, 0.2) is 0 Å². The van der Waals surface area contributed by atoms with Crippen molar-refractivity contribution in [1.82, 2.24) is 4.57 Å². The molecule has 0 fully saturated rings. The summed E-state index contributed by atoms with van der Waals surface area (Å²) in [5.74, 6) is 1.48. The third-order valence-corrected chi connectivity index (χ3v) is 4.15. The molecule has 0 atom stereocenters. The van der Waals surface area contributed by atoms with Gasteiger partial charge < -0.3 is 19.1 Å².